The largest absolute Gasteiger partial charge is 0.349 e. The molecule has 0 bridgehead atoms. The van der Waals surface area contributed by atoms with E-state index < -0.39 is 0 Å². The highest BCUT2D eigenvalue weighted by Crippen LogP contribution is 2.16. The van der Waals surface area contributed by atoms with Crippen LogP contribution in [0.3, 0.4) is 0 Å². The van der Waals surface area contributed by atoms with Crippen LogP contribution in [-0.4, -0.2) is 30.4 Å². The van der Waals surface area contributed by atoms with E-state index in [1.165, 1.54) is 5.56 Å². The van der Waals surface area contributed by atoms with Crippen molar-refractivity contribution in [3.05, 3.63) is 29.8 Å². The second-order valence-electron chi connectivity index (χ2n) is 3.90. The minimum Gasteiger partial charge on any atom is -0.349 e. The maximum atomic E-state index is 5.28. The van der Waals surface area contributed by atoms with Gasteiger partial charge in [-0.3, -0.25) is 4.90 Å². The number of benzene rings is 1. The molecule has 3 nitrogen and oxygen atoms in total. The fourth-order valence-electron chi connectivity index (χ4n) is 1.58. The van der Waals surface area contributed by atoms with Gasteiger partial charge in [-0.2, -0.15) is 0 Å². The topological polar surface area (TPSA) is 18.5 Å². The number of rotatable bonds is 1. The average Bonchev–Trinajstić information content (AvgIpc) is 2.23. The van der Waals surface area contributed by atoms with Crippen molar-refractivity contribution >= 4 is 23.0 Å². The van der Waals surface area contributed by atoms with E-state index in [0.717, 1.165) is 24.1 Å². The Morgan fingerprint density at radius 3 is 2.60 bits per heavy atom. The third-order valence-corrected chi connectivity index (χ3v) is 2.84. The summed E-state index contributed by atoms with van der Waals surface area (Å²) in [5.41, 5.74) is 2.41. The number of nitrogens with zero attached hydrogens (tertiary/aromatic N) is 2. The minimum atomic E-state index is 0.803. The molecule has 4 heteroatoms. The highest BCUT2D eigenvalue weighted by atomic mass is 32.1. The van der Waals surface area contributed by atoms with Gasteiger partial charge in [-0.15, -0.1) is 0 Å². The summed E-state index contributed by atoms with van der Waals surface area (Å²) >= 11 is 5.28. The number of hydrogen-bond acceptors (Lipinski definition) is 2. The lowest BCUT2D eigenvalue weighted by Crippen LogP contribution is -2.54. The summed E-state index contributed by atoms with van der Waals surface area (Å²) in [6.07, 6.45) is 0. The first-order chi connectivity index (χ1) is 7.16. The van der Waals surface area contributed by atoms with E-state index in [9.17, 15) is 0 Å². The minimum absolute atomic E-state index is 0.803. The van der Waals surface area contributed by atoms with E-state index >= 15 is 0 Å². The van der Waals surface area contributed by atoms with Crippen molar-refractivity contribution in [2.75, 3.05) is 25.3 Å². The van der Waals surface area contributed by atoms with Gasteiger partial charge in [0.05, 0.1) is 13.3 Å². The first-order valence-electron chi connectivity index (χ1n) is 4.97. The first kappa shape index (κ1) is 10.4. The molecule has 0 atom stereocenters. The SMILES string of the molecule is Cc1ccc(N2CN(C)CNC2=S)cc1. The molecule has 1 heterocycles. The number of thiocarbonyl (C=S) groups is 1. The molecule has 0 amide bonds. The van der Waals surface area contributed by atoms with Crippen molar-refractivity contribution in [2.24, 2.45) is 0 Å². The van der Waals surface area contributed by atoms with E-state index in [0.29, 0.717) is 0 Å². The van der Waals surface area contributed by atoms with E-state index in [1.54, 1.807) is 0 Å². The number of hydrogen-bond donors (Lipinski definition) is 1. The summed E-state index contributed by atoms with van der Waals surface area (Å²) < 4.78 is 0. The zero-order valence-electron chi connectivity index (χ0n) is 9.03. The fourth-order valence-corrected chi connectivity index (χ4v) is 1.80. The molecule has 1 aliphatic heterocycles. The van der Waals surface area contributed by atoms with Crippen LogP contribution in [0.4, 0.5) is 5.69 Å². The molecule has 15 heavy (non-hydrogen) atoms. The second-order valence-corrected chi connectivity index (χ2v) is 4.29. The average molecular weight is 221 g/mol. The summed E-state index contributed by atoms with van der Waals surface area (Å²) in [5, 5.41) is 3.98. The van der Waals surface area contributed by atoms with Crippen molar-refractivity contribution in [1.29, 1.82) is 0 Å². The van der Waals surface area contributed by atoms with Gasteiger partial charge < -0.3 is 10.2 Å². The van der Waals surface area contributed by atoms with Crippen LogP contribution < -0.4 is 10.2 Å². The van der Waals surface area contributed by atoms with Gasteiger partial charge in [0, 0.05) is 5.69 Å². The van der Waals surface area contributed by atoms with E-state index in [2.05, 4.69) is 53.4 Å². The Hall–Kier alpha value is -1.13. The lowest BCUT2D eigenvalue weighted by Gasteiger charge is -2.36. The second kappa shape index (κ2) is 4.16. The van der Waals surface area contributed by atoms with Crippen LogP contribution in [0.5, 0.6) is 0 Å². The van der Waals surface area contributed by atoms with Crippen molar-refractivity contribution < 1.29 is 0 Å². The van der Waals surface area contributed by atoms with Crippen LogP contribution in [0.25, 0.3) is 0 Å². The predicted octanol–water partition coefficient (Wildman–Crippen LogP) is 1.54. The molecule has 0 radical (unpaired) electrons. The van der Waals surface area contributed by atoms with Gasteiger partial charge in [0.25, 0.3) is 0 Å². The lowest BCUT2D eigenvalue weighted by atomic mass is 10.2. The quantitative estimate of drug-likeness (QED) is 0.725. The number of nitrogens with one attached hydrogen (secondary N) is 1. The third-order valence-electron chi connectivity index (χ3n) is 2.47. The van der Waals surface area contributed by atoms with E-state index in [-0.39, 0.29) is 0 Å². The summed E-state index contributed by atoms with van der Waals surface area (Å²) in [7, 11) is 2.07. The highest BCUT2D eigenvalue weighted by molar-refractivity contribution is 7.80. The Bertz CT molecular complexity index is 361. The third kappa shape index (κ3) is 2.27. The summed E-state index contributed by atoms with van der Waals surface area (Å²) in [6.45, 7) is 3.75. The zero-order chi connectivity index (χ0) is 10.8. The van der Waals surface area contributed by atoms with E-state index in [4.69, 9.17) is 12.2 Å². The Balaban J connectivity index is 2.21. The normalized spacial score (nSPS) is 17.7. The summed E-state index contributed by atoms with van der Waals surface area (Å²) in [6, 6.07) is 8.41. The van der Waals surface area contributed by atoms with Crippen LogP contribution in [0.2, 0.25) is 0 Å². The molecule has 0 aromatic heterocycles. The van der Waals surface area contributed by atoms with Crippen LogP contribution in [0.15, 0.2) is 24.3 Å². The zero-order valence-corrected chi connectivity index (χ0v) is 9.84. The fraction of sp³-hybridized carbons (Fsp3) is 0.364. The summed E-state index contributed by atoms with van der Waals surface area (Å²) in [5.74, 6) is 0. The highest BCUT2D eigenvalue weighted by Gasteiger charge is 2.18. The first-order valence-corrected chi connectivity index (χ1v) is 5.38. The maximum absolute atomic E-state index is 5.28. The molecule has 1 aromatic rings. The monoisotopic (exact) mass is 221 g/mol. The molecule has 0 aliphatic carbocycles. The number of anilines is 1. The van der Waals surface area contributed by atoms with Gasteiger partial charge >= 0.3 is 0 Å². The van der Waals surface area contributed by atoms with Crippen LogP contribution in [-0.2, 0) is 0 Å². The Morgan fingerprint density at radius 1 is 1.27 bits per heavy atom. The van der Waals surface area contributed by atoms with Crippen LogP contribution in [0, 0.1) is 6.92 Å². The molecular formula is C11H15N3S. The van der Waals surface area contributed by atoms with Crippen molar-refractivity contribution in [3.8, 4) is 0 Å². The van der Waals surface area contributed by atoms with Gasteiger partial charge in [0.2, 0.25) is 0 Å². The van der Waals surface area contributed by atoms with Crippen LogP contribution >= 0.6 is 12.2 Å². The molecule has 1 saturated heterocycles. The Labute approximate surface area is 95.7 Å². The molecule has 0 unspecified atom stereocenters. The van der Waals surface area contributed by atoms with Crippen molar-refractivity contribution in [3.63, 3.8) is 0 Å². The predicted molar refractivity (Wildman–Crippen MR) is 66.9 cm³/mol. The molecule has 1 fully saturated rings. The van der Waals surface area contributed by atoms with Gasteiger partial charge in [-0.25, -0.2) is 0 Å². The molecule has 0 saturated carbocycles. The summed E-state index contributed by atoms with van der Waals surface area (Å²) in [4.78, 5) is 4.27. The van der Waals surface area contributed by atoms with Gasteiger partial charge in [-0.05, 0) is 38.3 Å². The van der Waals surface area contributed by atoms with Crippen molar-refractivity contribution in [1.82, 2.24) is 10.2 Å². The molecule has 1 N–H and O–H groups in total. The molecule has 0 spiro atoms. The van der Waals surface area contributed by atoms with Crippen molar-refractivity contribution in [2.45, 2.75) is 6.92 Å². The smallest absolute Gasteiger partial charge is 0.175 e. The van der Waals surface area contributed by atoms with Gasteiger partial charge in [0.15, 0.2) is 5.11 Å². The molecule has 1 aliphatic rings. The maximum Gasteiger partial charge on any atom is 0.175 e. The Morgan fingerprint density at radius 2 is 1.93 bits per heavy atom. The van der Waals surface area contributed by atoms with Gasteiger partial charge in [-0.1, -0.05) is 17.7 Å². The lowest BCUT2D eigenvalue weighted by molar-refractivity contribution is 0.319. The Kier molecular flexibility index (Phi) is 2.88. The molecular weight excluding hydrogens is 206 g/mol. The molecule has 2 rings (SSSR count). The standard InChI is InChI=1S/C11H15N3S/c1-9-3-5-10(6-4-9)14-8-13(2)7-12-11(14)15/h3-6H,7-8H2,1-2H3,(H,12,15). The van der Waals surface area contributed by atoms with Gasteiger partial charge in [0.1, 0.15) is 0 Å². The number of aryl methyl sites for hydroxylation is 1. The van der Waals surface area contributed by atoms with E-state index in [1.807, 2.05) is 0 Å². The van der Waals surface area contributed by atoms with Crippen LogP contribution in [0.1, 0.15) is 5.56 Å². The molecule has 1 aromatic carbocycles. The molecule has 80 valence electrons.